The van der Waals surface area contributed by atoms with Gasteiger partial charge in [0.05, 0.1) is 6.10 Å². The van der Waals surface area contributed by atoms with Crippen molar-refractivity contribution in [3.8, 4) is 0 Å². The summed E-state index contributed by atoms with van der Waals surface area (Å²) in [6.07, 6.45) is 8.48. The molecule has 1 N–H and O–H groups in total. The smallest absolute Gasteiger partial charge is 0.123 e. The van der Waals surface area contributed by atoms with Crippen LogP contribution in [0.1, 0.15) is 50.5 Å². The summed E-state index contributed by atoms with van der Waals surface area (Å²) in [7, 11) is 0. The van der Waals surface area contributed by atoms with Crippen molar-refractivity contribution in [3.05, 3.63) is 34.6 Å². The van der Waals surface area contributed by atoms with Crippen LogP contribution in [0.5, 0.6) is 0 Å². The Hall–Kier alpha value is -0.600. The Bertz CT molecular complexity index is 400. The second-order valence-corrected chi connectivity index (χ2v) is 6.09. The molecule has 106 valence electrons. The second-order valence-electron chi connectivity index (χ2n) is 5.69. The number of aliphatic hydroxyl groups excluding tert-OH is 1. The highest BCUT2D eigenvalue weighted by Crippen LogP contribution is 2.28. The monoisotopic (exact) mass is 284 g/mol. The van der Waals surface area contributed by atoms with E-state index in [1.165, 1.54) is 50.7 Å². The maximum Gasteiger partial charge on any atom is 0.123 e. The Balaban J connectivity index is 1.89. The summed E-state index contributed by atoms with van der Waals surface area (Å²) < 4.78 is 13.2. The molecule has 0 radical (unpaired) electrons. The SMILES string of the molecule is OC(Cc1cc(F)ccc1Cl)CC1CCCCCC1. The van der Waals surface area contributed by atoms with Gasteiger partial charge < -0.3 is 5.11 Å². The molecule has 3 heteroatoms. The van der Waals surface area contributed by atoms with Gasteiger partial charge in [-0.05, 0) is 42.5 Å². The Morgan fingerprint density at radius 1 is 1.21 bits per heavy atom. The van der Waals surface area contributed by atoms with Gasteiger partial charge in [-0.1, -0.05) is 50.1 Å². The minimum atomic E-state index is -0.414. The average Bonchev–Trinajstić information content (AvgIpc) is 2.62. The predicted molar refractivity (Wildman–Crippen MR) is 76.9 cm³/mol. The lowest BCUT2D eigenvalue weighted by molar-refractivity contribution is 0.137. The highest BCUT2D eigenvalue weighted by Gasteiger charge is 2.17. The molecule has 0 saturated heterocycles. The van der Waals surface area contributed by atoms with Crippen molar-refractivity contribution >= 4 is 11.6 Å². The minimum Gasteiger partial charge on any atom is -0.393 e. The van der Waals surface area contributed by atoms with E-state index in [1.807, 2.05) is 0 Å². The van der Waals surface area contributed by atoms with E-state index in [2.05, 4.69) is 0 Å². The van der Waals surface area contributed by atoms with Crippen LogP contribution in [0, 0.1) is 11.7 Å². The number of halogens is 2. The van der Waals surface area contributed by atoms with Gasteiger partial charge in [0.15, 0.2) is 0 Å². The van der Waals surface area contributed by atoms with E-state index in [9.17, 15) is 9.50 Å². The predicted octanol–water partition coefficient (Wildman–Crippen LogP) is 4.74. The maximum atomic E-state index is 13.2. The largest absolute Gasteiger partial charge is 0.393 e. The van der Waals surface area contributed by atoms with Crippen LogP contribution in [0.25, 0.3) is 0 Å². The molecular weight excluding hydrogens is 263 g/mol. The molecule has 1 aliphatic carbocycles. The van der Waals surface area contributed by atoms with Crippen molar-refractivity contribution < 1.29 is 9.50 Å². The van der Waals surface area contributed by atoms with Crippen LogP contribution in [-0.4, -0.2) is 11.2 Å². The first-order valence-electron chi connectivity index (χ1n) is 7.27. The zero-order chi connectivity index (χ0) is 13.7. The fraction of sp³-hybridized carbons (Fsp3) is 0.625. The lowest BCUT2D eigenvalue weighted by Crippen LogP contribution is -2.16. The van der Waals surface area contributed by atoms with Crippen molar-refractivity contribution in [2.75, 3.05) is 0 Å². The molecule has 1 saturated carbocycles. The second kappa shape index (κ2) is 7.25. The third-order valence-electron chi connectivity index (χ3n) is 4.04. The summed E-state index contributed by atoms with van der Waals surface area (Å²) in [5.41, 5.74) is 0.711. The number of hydrogen-bond donors (Lipinski definition) is 1. The van der Waals surface area contributed by atoms with Gasteiger partial charge in [0.25, 0.3) is 0 Å². The summed E-state index contributed by atoms with van der Waals surface area (Å²) in [6.45, 7) is 0. The van der Waals surface area contributed by atoms with E-state index in [0.29, 0.717) is 22.9 Å². The van der Waals surface area contributed by atoms with E-state index in [-0.39, 0.29) is 5.82 Å². The highest BCUT2D eigenvalue weighted by atomic mass is 35.5. The zero-order valence-corrected chi connectivity index (χ0v) is 12.0. The summed E-state index contributed by atoms with van der Waals surface area (Å²) in [6, 6.07) is 4.34. The van der Waals surface area contributed by atoms with E-state index in [0.717, 1.165) is 6.42 Å². The quantitative estimate of drug-likeness (QED) is 0.792. The van der Waals surface area contributed by atoms with E-state index < -0.39 is 6.10 Å². The van der Waals surface area contributed by atoms with Gasteiger partial charge in [0, 0.05) is 5.02 Å². The lowest BCUT2D eigenvalue weighted by atomic mass is 9.91. The fourth-order valence-electron chi connectivity index (χ4n) is 3.02. The minimum absolute atomic E-state index is 0.291. The van der Waals surface area contributed by atoms with Gasteiger partial charge >= 0.3 is 0 Å². The van der Waals surface area contributed by atoms with Gasteiger partial charge in [0.2, 0.25) is 0 Å². The van der Waals surface area contributed by atoms with Gasteiger partial charge in [-0.25, -0.2) is 4.39 Å². The van der Waals surface area contributed by atoms with Crippen molar-refractivity contribution in [1.82, 2.24) is 0 Å². The topological polar surface area (TPSA) is 20.2 Å². The normalized spacial score (nSPS) is 19.1. The number of hydrogen-bond acceptors (Lipinski definition) is 1. The highest BCUT2D eigenvalue weighted by molar-refractivity contribution is 6.31. The molecular formula is C16H22ClFO. The average molecular weight is 285 g/mol. The molecule has 0 bridgehead atoms. The Labute approximate surface area is 119 Å². The molecule has 1 aromatic carbocycles. The molecule has 1 unspecified atom stereocenters. The van der Waals surface area contributed by atoms with Crippen molar-refractivity contribution in [1.29, 1.82) is 0 Å². The van der Waals surface area contributed by atoms with Gasteiger partial charge in [-0.3, -0.25) is 0 Å². The first kappa shape index (κ1) is 14.8. The Morgan fingerprint density at radius 2 is 1.89 bits per heavy atom. The third kappa shape index (κ3) is 4.77. The van der Waals surface area contributed by atoms with Crippen LogP contribution in [0.15, 0.2) is 18.2 Å². The molecule has 0 aromatic heterocycles. The first-order chi connectivity index (χ1) is 9.15. The Morgan fingerprint density at radius 3 is 2.58 bits per heavy atom. The molecule has 19 heavy (non-hydrogen) atoms. The molecule has 1 aliphatic rings. The number of rotatable bonds is 4. The van der Waals surface area contributed by atoms with Crippen LogP contribution in [0.4, 0.5) is 4.39 Å². The third-order valence-corrected chi connectivity index (χ3v) is 4.41. The summed E-state index contributed by atoms with van der Waals surface area (Å²) in [5, 5.41) is 10.7. The van der Waals surface area contributed by atoms with E-state index in [1.54, 1.807) is 6.07 Å². The molecule has 2 rings (SSSR count). The number of benzene rings is 1. The van der Waals surface area contributed by atoms with Crippen LogP contribution in [0.3, 0.4) is 0 Å². The molecule has 0 heterocycles. The molecule has 1 aromatic rings. The number of aliphatic hydroxyl groups is 1. The van der Waals surface area contributed by atoms with Crippen molar-refractivity contribution in [3.63, 3.8) is 0 Å². The van der Waals surface area contributed by atoms with E-state index >= 15 is 0 Å². The lowest BCUT2D eigenvalue weighted by Gasteiger charge is -2.19. The van der Waals surface area contributed by atoms with Gasteiger partial charge in [0.1, 0.15) is 5.82 Å². The summed E-state index contributed by atoms with van der Waals surface area (Å²) in [5.74, 6) is 0.325. The maximum absolute atomic E-state index is 13.2. The first-order valence-corrected chi connectivity index (χ1v) is 7.65. The van der Waals surface area contributed by atoms with Crippen molar-refractivity contribution in [2.45, 2.75) is 57.5 Å². The van der Waals surface area contributed by atoms with Crippen molar-refractivity contribution in [2.24, 2.45) is 5.92 Å². The van der Waals surface area contributed by atoms with Crippen LogP contribution in [0.2, 0.25) is 5.02 Å². The molecule has 1 atom stereocenters. The van der Waals surface area contributed by atoms with Gasteiger partial charge in [-0.15, -0.1) is 0 Å². The molecule has 0 amide bonds. The molecule has 1 nitrogen and oxygen atoms in total. The van der Waals surface area contributed by atoms with E-state index in [4.69, 9.17) is 11.6 Å². The van der Waals surface area contributed by atoms with Crippen LogP contribution < -0.4 is 0 Å². The van der Waals surface area contributed by atoms with Gasteiger partial charge in [-0.2, -0.15) is 0 Å². The Kier molecular flexibility index (Phi) is 5.65. The molecule has 1 fully saturated rings. The van der Waals surface area contributed by atoms with Crippen LogP contribution in [-0.2, 0) is 6.42 Å². The zero-order valence-electron chi connectivity index (χ0n) is 11.2. The summed E-state index contributed by atoms with van der Waals surface area (Å²) >= 11 is 6.03. The summed E-state index contributed by atoms with van der Waals surface area (Å²) in [4.78, 5) is 0. The fourth-order valence-corrected chi connectivity index (χ4v) is 3.22. The standard InChI is InChI=1S/C16H22ClFO/c17-16-8-7-14(18)10-13(16)11-15(19)9-12-5-3-1-2-4-6-12/h7-8,10,12,15,19H,1-6,9,11H2. The molecule has 0 aliphatic heterocycles. The molecule has 0 spiro atoms. The van der Waals surface area contributed by atoms with Crippen LogP contribution >= 0.6 is 11.6 Å².